The van der Waals surface area contributed by atoms with Crippen LogP contribution in [0.3, 0.4) is 0 Å². The summed E-state index contributed by atoms with van der Waals surface area (Å²) < 4.78 is 11.3. The average Bonchev–Trinajstić information content (AvgIpc) is 2.75. The van der Waals surface area contributed by atoms with Crippen molar-refractivity contribution in [3.8, 4) is 5.75 Å². The minimum absolute atomic E-state index is 0.493. The van der Waals surface area contributed by atoms with Crippen molar-refractivity contribution in [2.24, 2.45) is 0 Å². The van der Waals surface area contributed by atoms with Crippen LogP contribution < -0.4 is 10.1 Å². The lowest BCUT2D eigenvalue weighted by Gasteiger charge is -2.11. The molecular weight excluding hydrogens is 250 g/mol. The zero-order valence-corrected chi connectivity index (χ0v) is 11.7. The van der Waals surface area contributed by atoms with Crippen LogP contribution >= 0.6 is 11.6 Å². The molecule has 1 aromatic carbocycles. The summed E-state index contributed by atoms with van der Waals surface area (Å²) in [5.74, 6) is 0.969. The summed E-state index contributed by atoms with van der Waals surface area (Å²) in [5, 5.41) is 4.08. The number of benzene rings is 1. The minimum Gasteiger partial charge on any atom is -0.493 e. The summed E-state index contributed by atoms with van der Waals surface area (Å²) in [7, 11) is 0. The van der Waals surface area contributed by atoms with E-state index in [2.05, 4.69) is 19.2 Å². The van der Waals surface area contributed by atoms with Gasteiger partial charge >= 0.3 is 0 Å². The van der Waals surface area contributed by atoms with Gasteiger partial charge in [0.1, 0.15) is 5.75 Å². The first-order chi connectivity index (χ1) is 8.66. The van der Waals surface area contributed by atoms with Crippen LogP contribution in [0.5, 0.6) is 5.75 Å². The van der Waals surface area contributed by atoms with Crippen LogP contribution in [-0.4, -0.2) is 25.8 Å². The third-order valence-corrected chi connectivity index (χ3v) is 3.10. The normalized spacial score (nSPS) is 13.8. The molecule has 0 aromatic heterocycles. The van der Waals surface area contributed by atoms with E-state index in [9.17, 15) is 0 Å². The standard InChI is InChI=1S/C14H20ClNO2/c1-10(2)16-4-6-17-9-12-8-13(15)7-11-3-5-18-14(11)12/h7-8,10,16H,3-6,9H2,1-2H3. The Morgan fingerprint density at radius 2 is 2.28 bits per heavy atom. The van der Waals surface area contributed by atoms with Gasteiger partial charge in [-0.1, -0.05) is 25.4 Å². The van der Waals surface area contributed by atoms with Crippen LogP contribution in [-0.2, 0) is 17.8 Å². The maximum Gasteiger partial charge on any atom is 0.128 e. The molecule has 1 aliphatic heterocycles. The fraction of sp³-hybridized carbons (Fsp3) is 0.571. The zero-order valence-electron chi connectivity index (χ0n) is 11.0. The maximum absolute atomic E-state index is 6.09. The van der Waals surface area contributed by atoms with Crippen LogP contribution in [0.4, 0.5) is 0 Å². The van der Waals surface area contributed by atoms with Crippen molar-refractivity contribution in [1.82, 2.24) is 5.32 Å². The van der Waals surface area contributed by atoms with Crippen molar-refractivity contribution >= 4 is 11.6 Å². The average molecular weight is 270 g/mol. The molecule has 100 valence electrons. The minimum atomic E-state index is 0.493. The van der Waals surface area contributed by atoms with E-state index >= 15 is 0 Å². The quantitative estimate of drug-likeness (QED) is 0.806. The molecule has 2 rings (SSSR count). The molecule has 1 aliphatic rings. The first-order valence-electron chi connectivity index (χ1n) is 6.42. The molecule has 0 saturated heterocycles. The zero-order chi connectivity index (χ0) is 13.0. The van der Waals surface area contributed by atoms with Crippen molar-refractivity contribution < 1.29 is 9.47 Å². The van der Waals surface area contributed by atoms with Crippen molar-refractivity contribution in [1.29, 1.82) is 0 Å². The molecule has 0 spiro atoms. The maximum atomic E-state index is 6.09. The number of rotatable bonds is 6. The summed E-state index contributed by atoms with van der Waals surface area (Å²) in [5.41, 5.74) is 2.25. The van der Waals surface area contributed by atoms with E-state index < -0.39 is 0 Å². The van der Waals surface area contributed by atoms with Crippen molar-refractivity contribution in [2.45, 2.75) is 32.9 Å². The van der Waals surface area contributed by atoms with Crippen molar-refractivity contribution in [2.75, 3.05) is 19.8 Å². The highest BCUT2D eigenvalue weighted by atomic mass is 35.5. The fourth-order valence-corrected chi connectivity index (χ4v) is 2.32. The lowest BCUT2D eigenvalue weighted by molar-refractivity contribution is 0.119. The van der Waals surface area contributed by atoms with Gasteiger partial charge in [-0.05, 0) is 17.7 Å². The summed E-state index contributed by atoms with van der Waals surface area (Å²) in [4.78, 5) is 0. The first kappa shape index (κ1) is 13.7. The predicted octanol–water partition coefficient (Wildman–Crippen LogP) is 2.79. The fourth-order valence-electron chi connectivity index (χ4n) is 2.06. The molecule has 0 radical (unpaired) electrons. The molecule has 0 saturated carbocycles. The predicted molar refractivity (Wildman–Crippen MR) is 73.4 cm³/mol. The first-order valence-corrected chi connectivity index (χ1v) is 6.80. The second-order valence-electron chi connectivity index (χ2n) is 4.81. The molecular formula is C14H20ClNO2. The molecule has 3 nitrogen and oxygen atoms in total. The van der Waals surface area contributed by atoms with Gasteiger partial charge in [-0.15, -0.1) is 0 Å². The largest absolute Gasteiger partial charge is 0.493 e. The number of hydrogen-bond acceptors (Lipinski definition) is 3. The molecule has 0 atom stereocenters. The molecule has 1 aromatic rings. The van der Waals surface area contributed by atoms with Crippen LogP contribution in [0.2, 0.25) is 5.02 Å². The third-order valence-electron chi connectivity index (χ3n) is 2.88. The Kier molecular flexibility index (Phi) is 4.87. The van der Waals surface area contributed by atoms with E-state index in [-0.39, 0.29) is 0 Å². The Bertz CT molecular complexity index is 407. The molecule has 0 aliphatic carbocycles. The Hall–Kier alpha value is -0.770. The summed E-state index contributed by atoms with van der Waals surface area (Å²) in [6.07, 6.45) is 0.942. The monoisotopic (exact) mass is 269 g/mol. The van der Waals surface area contributed by atoms with Gasteiger partial charge < -0.3 is 14.8 Å². The van der Waals surface area contributed by atoms with Gasteiger partial charge in [0.15, 0.2) is 0 Å². The van der Waals surface area contributed by atoms with E-state index in [0.717, 1.165) is 35.9 Å². The van der Waals surface area contributed by atoms with Gasteiger partial charge in [-0.25, -0.2) is 0 Å². The van der Waals surface area contributed by atoms with Gasteiger partial charge in [-0.2, -0.15) is 0 Å². The van der Waals surface area contributed by atoms with Crippen LogP contribution in [0.15, 0.2) is 12.1 Å². The van der Waals surface area contributed by atoms with E-state index in [1.54, 1.807) is 0 Å². The second-order valence-corrected chi connectivity index (χ2v) is 5.25. The van der Waals surface area contributed by atoms with Gasteiger partial charge in [0, 0.05) is 29.6 Å². The molecule has 0 unspecified atom stereocenters. The van der Waals surface area contributed by atoms with Gasteiger partial charge in [-0.3, -0.25) is 0 Å². The Balaban J connectivity index is 1.86. The van der Waals surface area contributed by atoms with Crippen LogP contribution in [0.1, 0.15) is 25.0 Å². The number of halogens is 1. The molecule has 18 heavy (non-hydrogen) atoms. The number of fused-ring (bicyclic) bond motifs is 1. The highest BCUT2D eigenvalue weighted by molar-refractivity contribution is 6.30. The molecule has 0 amide bonds. The smallest absolute Gasteiger partial charge is 0.128 e. The second kappa shape index (κ2) is 6.41. The highest BCUT2D eigenvalue weighted by Gasteiger charge is 2.17. The lowest BCUT2D eigenvalue weighted by Crippen LogP contribution is -2.26. The molecule has 1 N–H and O–H groups in total. The highest BCUT2D eigenvalue weighted by Crippen LogP contribution is 2.33. The van der Waals surface area contributed by atoms with Gasteiger partial charge in [0.05, 0.1) is 19.8 Å². The SMILES string of the molecule is CC(C)NCCOCc1cc(Cl)cc2c1OCC2. The number of nitrogens with one attached hydrogen (secondary N) is 1. The summed E-state index contributed by atoms with van der Waals surface area (Å²) in [6.45, 7) is 7.11. The summed E-state index contributed by atoms with van der Waals surface area (Å²) in [6, 6.07) is 4.40. The number of ether oxygens (including phenoxy) is 2. The number of hydrogen-bond donors (Lipinski definition) is 1. The van der Waals surface area contributed by atoms with Crippen molar-refractivity contribution in [3.05, 3.63) is 28.3 Å². The molecule has 0 bridgehead atoms. The van der Waals surface area contributed by atoms with Crippen LogP contribution in [0.25, 0.3) is 0 Å². The van der Waals surface area contributed by atoms with Crippen molar-refractivity contribution in [3.63, 3.8) is 0 Å². The molecule has 4 heteroatoms. The lowest BCUT2D eigenvalue weighted by atomic mass is 10.1. The Labute approximate surface area is 113 Å². The third kappa shape index (κ3) is 3.61. The Morgan fingerprint density at radius 1 is 1.44 bits per heavy atom. The van der Waals surface area contributed by atoms with Gasteiger partial charge in [0.2, 0.25) is 0 Å². The van der Waals surface area contributed by atoms with Gasteiger partial charge in [0.25, 0.3) is 0 Å². The molecule has 0 fully saturated rings. The van der Waals surface area contributed by atoms with E-state index in [0.29, 0.717) is 19.3 Å². The van der Waals surface area contributed by atoms with E-state index in [1.807, 2.05) is 12.1 Å². The van der Waals surface area contributed by atoms with E-state index in [1.165, 1.54) is 5.56 Å². The summed E-state index contributed by atoms with van der Waals surface area (Å²) >= 11 is 6.09. The van der Waals surface area contributed by atoms with E-state index in [4.69, 9.17) is 21.1 Å². The Morgan fingerprint density at radius 3 is 3.06 bits per heavy atom. The van der Waals surface area contributed by atoms with Crippen LogP contribution in [0, 0.1) is 0 Å². The molecule has 1 heterocycles. The topological polar surface area (TPSA) is 30.5 Å².